The third kappa shape index (κ3) is 3.38. The van der Waals surface area contributed by atoms with Crippen molar-refractivity contribution < 1.29 is 0 Å². The Labute approximate surface area is 189 Å². The minimum atomic E-state index is -0.0568. The van der Waals surface area contributed by atoms with Crippen LogP contribution in [0.15, 0.2) is 42.6 Å². The summed E-state index contributed by atoms with van der Waals surface area (Å²) in [6, 6.07) is 10.5. The average Bonchev–Trinajstić information content (AvgIpc) is 3.03. The van der Waals surface area contributed by atoms with Crippen LogP contribution in [0.4, 0.5) is 5.69 Å². The molecule has 0 aliphatic carbocycles. The van der Waals surface area contributed by atoms with Crippen LogP contribution in [-0.2, 0) is 0 Å². The van der Waals surface area contributed by atoms with E-state index in [0.717, 1.165) is 27.1 Å². The molecular formula is C24H29ClN4S. The predicted molar refractivity (Wildman–Crippen MR) is 130 cm³/mol. The van der Waals surface area contributed by atoms with E-state index in [1.165, 1.54) is 11.1 Å². The Morgan fingerprint density at radius 2 is 1.97 bits per heavy atom. The van der Waals surface area contributed by atoms with Crippen LogP contribution >= 0.6 is 23.8 Å². The largest absolute Gasteiger partial charge is 0.365 e. The van der Waals surface area contributed by atoms with Crippen LogP contribution in [-0.4, -0.2) is 33.6 Å². The van der Waals surface area contributed by atoms with Crippen LogP contribution < -0.4 is 10.2 Å². The summed E-state index contributed by atoms with van der Waals surface area (Å²) >= 11 is 12.7. The van der Waals surface area contributed by atoms with Crippen molar-refractivity contribution in [3.8, 4) is 0 Å². The lowest BCUT2D eigenvalue weighted by molar-refractivity contribution is 0.269. The number of benzene rings is 1. The Balaban J connectivity index is 1.88. The summed E-state index contributed by atoms with van der Waals surface area (Å²) in [5.74, 6) is 0. The van der Waals surface area contributed by atoms with Crippen LogP contribution in [0.1, 0.15) is 63.5 Å². The number of allylic oxidation sites excluding steroid dienone is 1. The maximum absolute atomic E-state index is 6.95. The molecule has 4 rings (SSSR count). The third-order valence-electron chi connectivity index (χ3n) is 6.35. The number of nitrogens with zero attached hydrogens (tertiary/aromatic N) is 3. The Bertz CT molecular complexity index is 1020. The fourth-order valence-electron chi connectivity index (χ4n) is 4.67. The number of rotatable bonds is 3. The topological polar surface area (TPSA) is 31.4 Å². The van der Waals surface area contributed by atoms with Crippen molar-refractivity contribution in [2.24, 2.45) is 0 Å². The predicted octanol–water partition coefficient (Wildman–Crippen LogP) is 5.75. The van der Waals surface area contributed by atoms with Gasteiger partial charge < -0.3 is 15.1 Å². The fraction of sp³-hybridized carbons (Fsp3) is 0.417. The lowest BCUT2D eigenvalue weighted by Gasteiger charge is -2.41. The molecule has 1 fully saturated rings. The smallest absolute Gasteiger partial charge is 0.170 e. The Hall–Kier alpha value is -2.11. The molecule has 1 N–H and O–H groups in total. The fourth-order valence-corrected chi connectivity index (χ4v) is 5.39. The summed E-state index contributed by atoms with van der Waals surface area (Å²) in [4.78, 5) is 9.15. The van der Waals surface area contributed by atoms with Crippen molar-refractivity contribution in [3.63, 3.8) is 0 Å². The highest BCUT2D eigenvalue weighted by atomic mass is 35.5. The molecule has 2 aliphatic heterocycles. The number of likely N-dealkylation sites (N-methyl/N-ethyl adjacent to an activating group) is 1. The number of hydrogen-bond donors (Lipinski definition) is 1. The number of hydrogen-bond acceptors (Lipinski definition) is 3. The minimum absolute atomic E-state index is 0.0294. The SMILES string of the molecule is CC1=CC(C)(C)N(C)c2cc(Cl)c([C@H]3[C@H](c4ccccn4)NC(=S)N3C(C)C)cc21. The second kappa shape index (κ2) is 7.54. The number of fused-ring (bicyclic) bond motifs is 1. The molecule has 0 amide bonds. The van der Waals surface area contributed by atoms with Crippen LogP contribution in [0.3, 0.4) is 0 Å². The maximum Gasteiger partial charge on any atom is 0.170 e. The molecule has 0 radical (unpaired) electrons. The second-order valence-corrected chi connectivity index (χ2v) is 9.85. The van der Waals surface area contributed by atoms with Crippen LogP contribution in [0.5, 0.6) is 0 Å². The Morgan fingerprint density at radius 3 is 2.60 bits per heavy atom. The van der Waals surface area contributed by atoms with Gasteiger partial charge in [0.25, 0.3) is 0 Å². The van der Waals surface area contributed by atoms with Crippen molar-refractivity contribution in [3.05, 3.63) is 64.4 Å². The summed E-state index contributed by atoms with van der Waals surface area (Å²) in [5.41, 5.74) is 5.63. The van der Waals surface area contributed by atoms with Crippen molar-refractivity contribution in [1.29, 1.82) is 0 Å². The van der Waals surface area contributed by atoms with E-state index in [0.29, 0.717) is 0 Å². The maximum atomic E-state index is 6.95. The zero-order chi connectivity index (χ0) is 21.8. The Morgan fingerprint density at radius 1 is 1.23 bits per heavy atom. The Kier molecular flexibility index (Phi) is 5.31. The summed E-state index contributed by atoms with van der Waals surface area (Å²) in [5, 5.41) is 5.00. The zero-order valence-corrected chi connectivity index (χ0v) is 20.0. The highest BCUT2D eigenvalue weighted by molar-refractivity contribution is 7.80. The van der Waals surface area contributed by atoms with E-state index in [1.54, 1.807) is 0 Å². The van der Waals surface area contributed by atoms with E-state index in [9.17, 15) is 0 Å². The van der Waals surface area contributed by atoms with E-state index in [4.69, 9.17) is 23.8 Å². The first kappa shape index (κ1) is 21.1. The van der Waals surface area contributed by atoms with Crippen LogP contribution in [0, 0.1) is 0 Å². The van der Waals surface area contributed by atoms with Crippen LogP contribution in [0.2, 0.25) is 5.02 Å². The molecule has 6 heteroatoms. The standard InChI is InChI=1S/C24H29ClN4S/c1-14(2)29-22(21(27-23(29)30)19-9-7-8-10-26-19)17-11-16-15(3)13-24(4,5)28(6)20(16)12-18(17)25/h7-14,21-22H,1-6H3,(H,27,30)/t21-,22-/m0/s1. The van der Waals surface area contributed by atoms with Gasteiger partial charge >= 0.3 is 0 Å². The van der Waals surface area contributed by atoms with Gasteiger partial charge in [0.2, 0.25) is 0 Å². The van der Waals surface area contributed by atoms with E-state index in [-0.39, 0.29) is 23.7 Å². The van der Waals surface area contributed by atoms with Gasteiger partial charge in [-0.25, -0.2) is 0 Å². The monoisotopic (exact) mass is 440 g/mol. The molecule has 2 aromatic rings. The van der Waals surface area contributed by atoms with Gasteiger partial charge in [-0.05, 0) is 82.2 Å². The molecule has 1 aromatic carbocycles. The molecule has 158 valence electrons. The van der Waals surface area contributed by atoms with Gasteiger partial charge in [-0.2, -0.15) is 0 Å². The number of anilines is 1. The molecule has 0 saturated carbocycles. The molecule has 4 nitrogen and oxygen atoms in total. The molecule has 0 spiro atoms. The van der Waals surface area contributed by atoms with Gasteiger partial charge in [0.1, 0.15) is 0 Å². The van der Waals surface area contributed by atoms with Gasteiger partial charge in [0.15, 0.2) is 5.11 Å². The molecule has 3 heterocycles. The molecule has 30 heavy (non-hydrogen) atoms. The van der Waals surface area contributed by atoms with E-state index >= 15 is 0 Å². The zero-order valence-electron chi connectivity index (χ0n) is 18.4. The quantitative estimate of drug-likeness (QED) is 0.614. The van der Waals surface area contributed by atoms with Crippen molar-refractivity contribution >= 4 is 40.2 Å². The summed E-state index contributed by atoms with van der Waals surface area (Å²) in [6.45, 7) is 10.9. The summed E-state index contributed by atoms with van der Waals surface area (Å²) in [6.07, 6.45) is 4.15. The summed E-state index contributed by atoms with van der Waals surface area (Å²) < 4.78 is 0. The molecule has 0 unspecified atom stereocenters. The van der Waals surface area contributed by atoms with Gasteiger partial charge in [-0.1, -0.05) is 23.7 Å². The highest BCUT2D eigenvalue weighted by Crippen LogP contribution is 2.47. The lowest BCUT2D eigenvalue weighted by Crippen LogP contribution is -2.42. The first-order valence-corrected chi connectivity index (χ1v) is 11.2. The molecule has 2 aliphatic rings. The number of nitrogens with one attached hydrogen (secondary N) is 1. The van der Waals surface area contributed by atoms with Gasteiger partial charge in [-0.15, -0.1) is 0 Å². The van der Waals surface area contributed by atoms with Crippen molar-refractivity contribution in [2.45, 2.75) is 58.3 Å². The molecule has 0 bridgehead atoms. The molecular weight excluding hydrogens is 412 g/mol. The van der Waals surface area contributed by atoms with Crippen molar-refractivity contribution in [1.82, 2.24) is 15.2 Å². The normalized spacial score (nSPS) is 22.8. The second-order valence-electron chi connectivity index (χ2n) is 9.06. The first-order valence-electron chi connectivity index (χ1n) is 10.4. The number of pyridine rings is 1. The van der Waals surface area contributed by atoms with E-state index in [2.05, 4.69) is 80.0 Å². The highest BCUT2D eigenvalue weighted by Gasteiger charge is 2.42. The summed E-state index contributed by atoms with van der Waals surface area (Å²) in [7, 11) is 2.13. The van der Waals surface area contributed by atoms with Gasteiger partial charge in [0.05, 0.1) is 23.3 Å². The first-order chi connectivity index (χ1) is 14.1. The minimum Gasteiger partial charge on any atom is -0.365 e. The molecule has 1 saturated heterocycles. The van der Waals surface area contributed by atoms with Gasteiger partial charge in [-0.3, -0.25) is 4.98 Å². The number of thiocarbonyl (C=S) groups is 1. The average molecular weight is 441 g/mol. The lowest BCUT2D eigenvalue weighted by atomic mass is 9.86. The number of aromatic nitrogens is 1. The number of halogens is 1. The van der Waals surface area contributed by atoms with Crippen LogP contribution in [0.25, 0.3) is 5.57 Å². The van der Waals surface area contributed by atoms with Gasteiger partial charge in [0, 0.05) is 35.6 Å². The van der Waals surface area contributed by atoms with E-state index in [1.807, 2.05) is 24.4 Å². The van der Waals surface area contributed by atoms with E-state index < -0.39 is 0 Å². The van der Waals surface area contributed by atoms with Crippen molar-refractivity contribution in [2.75, 3.05) is 11.9 Å². The molecule has 2 atom stereocenters. The molecule has 1 aromatic heterocycles. The third-order valence-corrected chi connectivity index (χ3v) is 7.00.